The second-order valence-electron chi connectivity index (χ2n) is 4.81. The van der Waals surface area contributed by atoms with Gasteiger partial charge in [0.15, 0.2) is 0 Å². The molecule has 0 aliphatic carbocycles. The van der Waals surface area contributed by atoms with Gasteiger partial charge in [-0.1, -0.05) is 47.6 Å². The summed E-state index contributed by atoms with van der Waals surface area (Å²) in [7, 11) is 0. The van der Waals surface area contributed by atoms with Gasteiger partial charge in [0.05, 0.1) is 5.69 Å². The number of hydrogen-bond donors (Lipinski definition) is 0. The lowest BCUT2D eigenvalue weighted by atomic mass is 10.2. The Balaban J connectivity index is 1.70. The third-order valence-electron chi connectivity index (χ3n) is 3.21. The minimum Gasteiger partial charge on any atom is -0.255 e. The molecule has 0 saturated carbocycles. The van der Waals surface area contributed by atoms with E-state index in [0.29, 0.717) is 0 Å². The molecule has 0 radical (unpaired) electrons. The number of hydrogen-bond acceptors (Lipinski definition) is 4. The zero-order chi connectivity index (χ0) is 15.4. The Labute approximate surface area is 138 Å². The van der Waals surface area contributed by atoms with Gasteiger partial charge in [-0.05, 0) is 42.3 Å². The van der Waals surface area contributed by atoms with Crippen molar-refractivity contribution in [3.63, 3.8) is 0 Å². The predicted octanol–water partition coefficient (Wildman–Crippen LogP) is 4.79. The van der Waals surface area contributed by atoms with Crippen molar-refractivity contribution in [2.24, 2.45) is 0 Å². The Hall–Kier alpha value is -1.91. The average molecular weight is 328 g/mol. The number of thioether (sulfide) groups is 1. The summed E-state index contributed by atoms with van der Waals surface area (Å²) in [5.74, 6) is 0.776. The van der Waals surface area contributed by atoms with E-state index in [1.807, 2.05) is 55.5 Å². The summed E-state index contributed by atoms with van der Waals surface area (Å²) in [4.78, 5) is 4.27. The fourth-order valence-electron chi connectivity index (χ4n) is 2.02. The van der Waals surface area contributed by atoms with Crippen LogP contribution in [0.15, 0.2) is 59.8 Å². The highest BCUT2D eigenvalue weighted by Gasteiger charge is 2.06. The van der Waals surface area contributed by atoms with E-state index >= 15 is 0 Å². The van der Waals surface area contributed by atoms with Crippen LogP contribution < -0.4 is 0 Å². The molecule has 2 heterocycles. The maximum atomic E-state index is 6.31. The number of nitrogens with zero attached hydrogens (tertiary/aromatic N) is 3. The molecule has 0 spiro atoms. The van der Waals surface area contributed by atoms with Crippen molar-refractivity contribution in [3.8, 4) is 11.4 Å². The van der Waals surface area contributed by atoms with Crippen LogP contribution in [0.4, 0.5) is 0 Å². The molecule has 0 saturated heterocycles. The first-order chi connectivity index (χ1) is 10.7. The molecule has 0 bridgehead atoms. The Morgan fingerprint density at radius 3 is 2.59 bits per heavy atom. The van der Waals surface area contributed by atoms with Gasteiger partial charge in [0.2, 0.25) is 0 Å². The summed E-state index contributed by atoms with van der Waals surface area (Å²) >= 11 is 7.93. The summed E-state index contributed by atoms with van der Waals surface area (Å²) < 4.78 is 0. The summed E-state index contributed by atoms with van der Waals surface area (Å²) in [6.45, 7) is 2.01. The zero-order valence-electron chi connectivity index (χ0n) is 12.0. The number of benzene rings is 1. The fourth-order valence-corrected chi connectivity index (χ4v) is 3.10. The first-order valence-corrected chi connectivity index (χ1v) is 8.22. The molecule has 5 heteroatoms. The number of aryl methyl sites for hydroxylation is 1. The largest absolute Gasteiger partial charge is 0.255 e. The van der Waals surface area contributed by atoms with Crippen LogP contribution in [0.5, 0.6) is 0 Å². The molecular formula is C17H14ClN3S. The minimum absolute atomic E-state index is 0.776. The van der Waals surface area contributed by atoms with Crippen LogP contribution in [0, 0.1) is 6.92 Å². The van der Waals surface area contributed by atoms with Crippen molar-refractivity contribution >= 4 is 23.4 Å². The van der Waals surface area contributed by atoms with Crippen LogP contribution in [0.3, 0.4) is 0 Å². The summed E-state index contributed by atoms with van der Waals surface area (Å²) in [5.41, 5.74) is 3.81. The summed E-state index contributed by atoms with van der Waals surface area (Å²) in [5, 5.41) is 10.2. The molecule has 1 aromatic carbocycles. The molecule has 0 amide bonds. The zero-order valence-corrected chi connectivity index (χ0v) is 13.6. The highest BCUT2D eigenvalue weighted by atomic mass is 35.5. The minimum atomic E-state index is 0.776. The third kappa shape index (κ3) is 3.46. The quantitative estimate of drug-likeness (QED) is 0.646. The van der Waals surface area contributed by atoms with Gasteiger partial charge in [-0.25, -0.2) is 0 Å². The van der Waals surface area contributed by atoms with E-state index < -0.39 is 0 Å². The van der Waals surface area contributed by atoms with Gasteiger partial charge in [0.25, 0.3) is 0 Å². The molecule has 3 rings (SSSR count). The number of aromatic nitrogens is 3. The molecule has 0 aliphatic rings. The van der Waals surface area contributed by atoms with Crippen molar-refractivity contribution in [1.82, 2.24) is 15.2 Å². The lowest BCUT2D eigenvalue weighted by Crippen LogP contribution is -1.92. The lowest BCUT2D eigenvalue weighted by molar-refractivity contribution is 0.931. The summed E-state index contributed by atoms with van der Waals surface area (Å²) in [6.07, 6.45) is 1.75. The molecule has 0 fully saturated rings. The van der Waals surface area contributed by atoms with Gasteiger partial charge < -0.3 is 0 Å². The SMILES string of the molecule is Cc1cccc(CSc2ccc(-c3ccccn3)nn2)c1Cl. The Bertz CT molecular complexity index is 761. The standard InChI is InChI=1S/C17H14ClN3S/c1-12-5-4-6-13(17(12)18)11-22-16-9-8-15(20-21-16)14-7-2-3-10-19-14/h2-10H,11H2,1H3. The predicted molar refractivity (Wildman–Crippen MR) is 91.0 cm³/mol. The number of pyridine rings is 1. The average Bonchev–Trinajstić information content (AvgIpc) is 2.57. The van der Waals surface area contributed by atoms with E-state index in [4.69, 9.17) is 11.6 Å². The van der Waals surface area contributed by atoms with Crippen molar-refractivity contribution in [2.75, 3.05) is 0 Å². The molecular weight excluding hydrogens is 314 g/mol. The first-order valence-electron chi connectivity index (χ1n) is 6.86. The van der Waals surface area contributed by atoms with Crippen LogP contribution >= 0.6 is 23.4 Å². The molecule has 0 unspecified atom stereocenters. The van der Waals surface area contributed by atoms with Gasteiger partial charge in [-0.2, -0.15) is 0 Å². The molecule has 3 nitrogen and oxygen atoms in total. The Kier molecular flexibility index (Phi) is 4.71. The van der Waals surface area contributed by atoms with Gasteiger partial charge in [0.1, 0.15) is 10.7 Å². The van der Waals surface area contributed by atoms with Crippen LogP contribution in [0.2, 0.25) is 5.02 Å². The first kappa shape index (κ1) is 15.0. The molecule has 0 N–H and O–H groups in total. The van der Waals surface area contributed by atoms with E-state index in [1.165, 1.54) is 0 Å². The smallest absolute Gasteiger partial charge is 0.119 e. The van der Waals surface area contributed by atoms with E-state index in [1.54, 1.807) is 18.0 Å². The highest BCUT2D eigenvalue weighted by molar-refractivity contribution is 7.98. The van der Waals surface area contributed by atoms with Crippen LogP contribution in [0.1, 0.15) is 11.1 Å². The van der Waals surface area contributed by atoms with E-state index in [0.717, 1.165) is 38.3 Å². The maximum absolute atomic E-state index is 6.31. The van der Waals surface area contributed by atoms with Crippen LogP contribution in [0.25, 0.3) is 11.4 Å². The van der Waals surface area contributed by atoms with E-state index in [2.05, 4.69) is 15.2 Å². The van der Waals surface area contributed by atoms with Gasteiger partial charge in [-0.15, -0.1) is 10.2 Å². The Morgan fingerprint density at radius 1 is 0.955 bits per heavy atom. The topological polar surface area (TPSA) is 38.7 Å². The molecule has 0 aliphatic heterocycles. The van der Waals surface area contributed by atoms with Crippen molar-refractivity contribution in [1.29, 1.82) is 0 Å². The molecule has 0 atom stereocenters. The van der Waals surface area contributed by atoms with Gasteiger partial charge in [-0.3, -0.25) is 4.98 Å². The van der Waals surface area contributed by atoms with Crippen LogP contribution in [-0.4, -0.2) is 15.2 Å². The molecule has 2 aromatic heterocycles. The Morgan fingerprint density at radius 2 is 1.86 bits per heavy atom. The lowest BCUT2D eigenvalue weighted by Gasteiger charge is -2.06. The molecule has 110 valence electrons. The molecule has 22 heavy (non-hydrogen) atoms. The maximum Gasteiger partial charge on any atom is 0.119 e. The normalized spacial score (nSPS) is 10.6. The number of halogens is 1. The highest BCUT2D eigenvalue weighted by Crippen LogP contribution is 2.27. The van der Waals surface area contributed by atoms with Crippen molar-refractivity contribution in [3.05, 3.63) is 70.9 Å². The monoisotopic (exact) mass is 327 g/mol. The van der Waals surface area contributed by atoms with Gasteiger partial charge >= 0.3 is 0 Å². The second kappa shape index (κ2) is 6.90. The number of rotatable bonds is 4. The third-order valence-corrected chi connectivity index (χ3v) is 4.72. The van der Waals surface area contributed by atoms with Crippen LogP contribution in [-0.2, 0) is 5.75 Å². The van der Waals surface area contributed by atoms with E-state index in [-0.39, 0.29) is 0 Å². The fraction of sp³-hybridized carbons (Fsp3) is 0.118. The molecule has 3 aromatic rings. The van der Waals surface area contributed by atoms with E-state index in [9.17, 15) is 0 Å². The van der Waals surface area contributed by atoms with Gasteiger partial charge in [0, 0.05) is 17.0 Å². The second-order valence-corrected chi connectivity index (χ2v) is 6.18. The van der Waals surface area contributed by atoms with Crippen molar-refractivity contribution in [2.45, 2.75) is 17.7 Å². The summed E-state index contributed by atoms with van der Waals surface area (Å²) in [6, 6.07) is 15.7. The van der Waals surface area contributed by atoms with Crippen molar-refractivity contribution < 1.29 is 0 Å².